The summed E-state index contributed by atoms with van der Waals surface area (Å²) < 4.78 is 0. The minimum Gasteiger partial charge on any atom is -0.399 e. The lowest BCUT2D eigenvalue weighted by Crippen LogP contribution is -2.28. The molecule has 1 amide bonds. The number of carbonyl (C=O) groups is 1. The van der Waals surface area contributed by atoms with Gasteiger partial charge >= 0.3 is 0 Å². The van der Waals surface area contributed by atoms with Crippen LogP contribution in [-0.2, 0) is 0 Å². The van der Waals surface area contributed by atoms with Gasteiger partial charge in [0.25, 0.3) is 5.91 Å². The number of amides is 1. The zero-order valence-electron chi connectivity index (χ0n) is 10.7. The molecule has 0 fully saturated rings. The number of anilines is 1. The summed E-state index contributed by atoms with van der Waals surface area (Å²) in [6.45, 7) is 7.33. The van der Waals surface area contributed by atoms with Crippen LogP contribution in [0, 0.1) is 6.92 Å². The van der Waals surface area contributed by atoms with Gasteiger partial charge in [-0.15, -0.1) is 0 Å². The van der Waals surface area contributed by atoms with E-state index in [0.29, 0.717) is 18.8 Å². The molecule has 1 heterocycles. The Morgan fingerprint density at radius 2 is 1.88 bits per heavy atom. The van der Waals surface area contributed by atoms with Crippen LogP contribution in [0.1, 0.15) is 31.2 Å². The van der Waals surface area contributed by atoms with Gasteiger partial charge < -0.3 is 10.6 Å². The van der Waals surface area contributed by atoms with Crippen LogP contribution in [-0.4, -0.2) is 23.9 Å². The summed E-state index contributed by atoms with van der Waals surface area (Å²) in [6, 6.07) is 5.39. The molecule has 1 aromatic rings. The second-order valence-corrected chi connectivity index (χ2v) is 3.76. The van der Waals surface area contributed by atoms with E-state index in [1.165, 1.54) is 0 Å². The number of nitrogens with zero attached hydrogens (tertiary/aromatic N) is 1. The molecule has 2 rings (SSSR count). The summed E-state index contributed by atoms with van der Waals surface area (Å²) in [4.78, 5) is 13.8. The van der Waals surface area contributed by atoms with Crippen molar-refractivity contribution in [2.75, 3.05) is 18.8 Å². The standard InChI is InChI=1S/C12H14N2O.C2H6.H2/c1-9-8-10(13)4-5-11(9)12(15)14-6-2-3-7-14;1-2;/h2-5,8H,6-7,13H2,1H3;1-2H3;1H. The van der Waals surface area contributed by atoms with Crippen molar-refractivity contribution in [3.63, 3.8) is 0 Å². The maximum atomic E-state index is 12.0. The molecule has 0 atom stereocenters. The number of rotatable bonds is 1. The number of benzene rings is 1. The zero-order valence-corrected chi connectivity index (χ0v) is 10.7. The highest BCUT2D eigenvalue weighted by Crippen LogP contribution is 2.15. The summed E-state index contributed by atoms with van der Waals surface area (Å²) >= 11 is 0. The predicted molar refractivity (Wildman–Crippen MR) is 74.1 cm³/mol. The Labute approximate surface area is 104 Å². The minimum absolute atomic E-state index is 0. The Bertz CT molecular complexity index is 422. The maximum absolute atomic E-state index is 12.0. The third kappa shape index (κ3) is 3.09. The van der Waals surface area contributed by atoms with E-state index in [1.807, 2.05) is 39.0 Å². The molecule has 0 saturated heterocycles. The number of hydrogen-bond acceptors (Lipinski definition) is 2. The van der Waals surface area contributed by atoms with Crippen molar-refractivity contribution in [3.05, 3.63) is 41.5 Å². The van der Waals surface area contributed by atoms with E-state index < -0.39 is 0 Å². The van der Waals surface area contributed by atoms with E-state index in [1.54, 1.807) is 17.0 Å². The van der Waals surface area contributed by atoms with Crippen LogP contribution in [0.5, 0.6) is 0 Å². The van der Waals surface area contributed by atoms with E-state index in [-0.39, 0.29) is 7.33 Å². The SMILES string of the molecule is CC.Cc1cc(N)ccc1C(=O)N1CC=CC1.[HH]. The highest BCUT2D eigenvalue weighted by atomic mass is 16.2. The van der Waals surface area contributed by atoms with E-state index in [0.717, 1.165) is 11.1 Å². The highest BCUT2D eigenvalue weighted by Gasteiger charge is 2.17. The molecule has 1 aromatic carbocycles. The smallest absolute Gasteiger partial charge is 0.254 e. The molecule has 0 spiro atoms. The molecule has 1 aliphatic rings. The number of hydrogen-bond donors (Lipinski definition) is 1. The molecular formula is C14H22N2O. The second kappa shape index (κ2) is 6.09. The van der Waals surface area contributed by atoms with Gasteiger partial charge in [-0.3, -0.25) is 4.79 Å². The molecule has 1 aliphatic heterocycles. The summed E-state index contributed by atoms with van der Waals surface area (Å²) in [5.74, 6) is 0.0810. The van der Waals surface area contributed by atoms with Crippen molar-refractivity contribution in [1.29, 1.82) is 0 Å². The van der Waals surface area contributed by atoms with Crippen molar-refractivity contribution >= 4 is 11.6 Å². The highest BCUT2D eigenvalue weighted by molar-refractivity contribution is 5.96. The van der Waals surface area contributed by atoms with Gasteiger partial charge in [-0.25, -0.2) is 0 Å². The normalized spacial score (nSPS) is 13.2. The van der Waals surface area contributed by atoms with E-state index in [4.69, 9.17) is 5.73 Å². The summed E-state index contributed by atoms with van der Waals surface area (Å²) in [5.41, 5.74) is 8.02. The number of aryl methyl sites for hydroxylation is 1. The lowest BCUT2D eigenvalue weighted by Gasteiger charge is -2.16. The van der Waals surface area contributed by atoms with E-state index in [9.17, 15) is 4.79 Å². The Hall–Kier alpha value is -1.77. The monoisotopic (exact) mass is 234 g/mol. The van der Waals surface area contributed by atoms with Gasteiger partial charge in [0.2, 0.25) is 0 Å². The number of nitrogen functional groups attached to an aromatic ring is 1. The zero-order chi connectivity index (χ0) is 12.8. The fourth-order valence-corrected chi connectivity index (χ4v) is 1.74. The molecular weight excluding hydrogens is 212 g/mol. The van der Waals surface area contributed by atoms with Gasteiger partial charge in [0.05, 0.1) is 0 Å². The van der Waals surface area contributed by atoms with Gasteiger partial charge in [-0.1, -0.05) is 26.0 Å². The fourth-order valence-electron chi connectivity index (χ4n) is 1.74. The third-order valence-electron chi connectivity index (χ3n) is 2.59. The molecule has 0 aromatic heterocycles. The van der Waals surface area contributed by atoms with Crippen LogP contribution in [0.15, 0.2) is 30.4 Å². The van der Waals surface area contributed by atoms with Crippen LogP contribution in [0.2, 0.25) is 0 Å². The molecule has 17 heavy (non-hydrogen) atoms. The molecule has 0 radical (unpaired) electrons. The van der Waals surface area contributed by atoms with Crippen molar-refractivity contribution in [1.82, 2.24) is 4.90 Å². The predicted octanol–water partition coefficient (Wildman–Crippen LogP) is 2.86. The maximum Gasteiger partial charge on any atom is 0.254 e. The first kappa shape index (κ1) is 13.3. The third-order valence-corrected chi connectivity index (χ3v) is 2.59. The first-order valence-corrected chi connectivity index (χ1v) is 5.99. The van der Waals surface area contributed by atoms with E-state index in [2.05, 4.69) is 0 Å². The van der Waals surface area contributed by atoms with Crippen LogP contribution in [0.25, 0.3) is 0 Å². The molecule has 0 aliphatic carbocycles. The Balaban J connectivity index is 0.000000917. The minimum atomic E-state index is 0. The molecule has 0 unspecified atom stereocenters. The Kier molecular flexibility index (Phi) is 4.76. The lowest BCUT2D eigenvalue weighted by molar-refractivity contribution is 0.0799. The van der Waals surface area contributed by atoms with Crippen molar-refractivity contribution < 1.29 is 6.22 Å². The quantitative estimate of drug-likeness (QED) is 0.600. The number of carbonyl (C=O) groups excluding carboxylic acids is 1. The Morgan fingerprint density at radius 3 is 2.41 bits per heavy atom. The van der Waals surface area contributed by atoms with Crippen LogP contribution in [0.4, 0.5) is 5.69 Å². The molecule has 0 saturated carbocycles. The molecule has 0 bridgehead atoms. The average Bonchev–Trinajstić information content (AvgIpc) is 2.84. The topological polar surface area (TPSA) is 46.3 Å². The van der Waals surface area contributed by atoms with Gasteiger partial charge in [-0.05, 0) is 30.7 Å². The van der Waals surface area contributed by atoms with Gasteiger partial charge in [-0.2, -0.15) is 0 Å². The molecule has 94 valence electrons. The van der Waals surface area contributed by atoms with E-state index >= 15 is 0 Å². The van der Waals surface area contributed by atoms with Crippen LogP contribution < -0.4 is 5.73 Å². The largest absolute Gasteiger partial charge is 0.399 e. The second-order valence-electron chi connectivity index (χ2n) is 3.76. The summed E-state index contributed by atoms with van der Waals surface area (Å²) in [6.07, 6.45) is 4.01. The van der Waals surface area contributed by atoms with Crippen molar-refractivity contribution in [2.45, 2.75) is 20.8 Å². The van der Waals surface area contributed by atoms with Crippen molar-refractivity contribution in [2.24, 2.45) is 0 Å². The van der Waals surface area contributed by atoms with Gasteiger partial charge in [0.15, 0.2) is 0 Å². The lowest BCUT2D eigenvalue weighted by atomic mass is 10.1. The fraction of sp³-hybridized carbons (Fsp3) is 0.357. The van der Waals surface area contributed by atoms with Gasteiger partial charge in [0, 0.05) is 25.8 Å². The first-order chi connectivity index (χ1) is 8.18. The van der Waals surface area contributed by atoms with Crippen LogP contribution >= 0.6 is 0 Å². The van der Waals surface area contributed by atoms with Gasteiger partial charge in [0.1, 0.15) is 0 Å². The molecule has 2 N–H and O–H groups in total. The summed E-state index contributed by atoms with van der Waals surface area (Å²) in [7, 11) is 0. The first-order valence-electron chi connectivity index (χ1n) is 5.99. The summed E-state index contributed by atoms with van der Waals surface area (Å²) in [5, 5.41) is 0. The Morgan fingerprint density at radius 1 is 1.29 bits per heavy atom. The van der Waals surface area contributed by atoms with Crippen LogP contribution in [0.3, 0.4) is 0 Å². The number of nitrogens with two attached hydrogens (primary N) is 1. The molecule has 3 heteroatoms. The average molecular weight is 234 g/mol. The molecule has 3 nitrogen and oxygen atoms in total. The van der Waals surface area contributed by atoms with Crippen molar-refractivity contribution in [3.8, 4) is 0 Å².